The van der Waals surface area contributed by atoms with Gasteiger partial charge in [-0.15, -0.1) is 0 Å². The lowest BCUT2D eigenvalue weighted by molar-refractivity contribution is -0.154. The summed E-state index contributed by atoms with van der Waals surface area (Å²) in [5.74, 6) is -1.62. The minimum atomic E-state index is -0.979. The van der Waals surface area contributed by atoms with Gasteiger partial charge in [-0.25, -0.2) is 19.2 Å². The molecule has 17 nitrogen and oxygen atoms in total. The first kappa shape index (κ1) is 54.6. The minimum absolute atomic E-state index is 0. The number of likely N-dealkylation sites (tertiary alicyclic amines) is 1. The van der Waals surface area contributed by atoms with E-state index in [0.717, 1.165) is 77.2 Å². The molecule has 0 radical (unpaired) electrons. The van der Waals surface area contributed by atoms with Gasteiger partial charge in [0.25, 0.3) is 0 Å². The van der Waals surface area contributed by atoms with Crippen LogP contribution in [-0.2, 0) is 47.6 Å². The van der Waals surface area contributed by atoms with E-state index in [-0.39, 0.29) is 72.4 Å². The number of alkyl carbamates (subject to hydrolysis) is 2. The Balaban J connectivity index is 0.000000279. The van der Waals surface area contributed by atoms with Crippen molar-refractivity contribution >= 4 is 36.0 Å². The van der Waals surface area contributed by atoms with E-state index in [2.05, 4.69) is 29.8 Å². The zero-order valence-electron chi connectivity index (χ0n) is 40.0. The summed E-state index contributed by atoms with van der Waals surface area (Å²) in [4.78, 5) is 74.9. The van der Waals surface area contributed by atoms with E-state index in [9.17, 15) is 33.9 Å². The fourth-order valence-electron chi connectivity index (χ4n) is 10.2. The third-order valence-corrected chi connectivity index (χ3v) is 12.7. The van der Waals surface area contributed by atoms with Crippen molar-refractivity contribution in [1.82, 2.24) is 20.9 Å². The molecule has 4 aliphatic heterocycles. The van der Waals surface area contributed by atoms with Gasteiger partial charge in [-0.05, 0) is 120 Å². The molecule has 17 heteroatoms. The minimum Gasteiger partial charge on any atom is -0.480 e. The summed E-state index contributed by atoms with van der Waals surface area (Å²) in [6.45, 7) is 19.9. The molecule has 0 bridgehead atoms. The topological polar surface area (TPSA) is 217 Å². The quantitative estimate of drug-likeness (QED) is 0.151. The number of carboxylic acids is 1. The number of ether oxygens (including phenoxy) is 6. The molecule has 64 heavy (non-hydrogen) atoms. The van der Waals surface area contributed by atoms with Crippen LogP contribution in [0, 0.1) is 23.7 Å². The third-order valence-electron chi connectivity index (χ3n) is 12.7. The van der Waals surface area contributed by atoms with Gasteiger partial charge >= 0.3 is 30.1 Å². The summed E-state index contributed by atoms with van der Waals surface area (Å²) in [7, 11) is 2.77. The Morgan fingerprint density at radius 1 is 0.672 bits per heavy atom. The highest BCUT2D eigenvalue weighted by Gasteiger charge is 2.57. The van der Waals surface area contributed by atoms with E-state index in [1.54, 1.807) is 46.4 Å². The van der Waals surface area contributed by atoms with Crippen molar-refractivity contribution in [3.63, 3.8) is 0 Å². The van der Waals surface area contributed by atoms with E-state index in [0.29, 0.717) is 13.0 Å². The van der Waals surface area contributed by atoms with E-state index in [1.165, 1.54) is 14.2 Å². The van der Waals surface area contributed by atoms with Crippen LogP contribution in [0.3, 0.4) is 0 Å². The van der Waals surface area contributed by atoms with Crippen LogP contribution < -0.4 is 16.0 Å². The number of hydrogen-bond acceptors (Lipinski definition) is 13. The first-order valence-corrected chi connectivity index (χ1v) is 23.0. The number of aliphatic carboxylic acids is 1. The van der Waals surface area contributed by atoms with Crippen molar-refractivity contribution in [2.45, 2.75) is 212 Å². The lowest BCUT2D eigenvalue weighted by atomic mass is 9.83. The molecule has 2 saturated carbocycles. The van der Waals surface area contributed by atoms with Crippen molar-refractivity contribution in [2.75, 3.05) is 27.3 Å². The van der Waals surface area contributed by atoms with Gasteiger partial charge in [-0.1, -0.05) is 46.0 Å². The van der Waals surface area contributed by atoms with Crippen molar-refractivity contribution in [1.29, 1.82) is 0 Å². The summed E-state index contributed by atoms with van der Waals surface area (Å²) in [6, 6.07) is -2.43. The van der Waals surface area contributed by atoms with Gasteiger partial charge in [0.2, 0.25) is 5.91 Å². The summed E-state index contributed by atoms with van der Waals surface area (Å²) >= 11 is 0. The van der Waals surface area contributed by atoms with Gasteiger partial charge in [0.15, 0.2) is 0 Å². The average molecular weight is 911 g/mol. The molecule has 368 valence electrons. The number of carbonyl (C=O) groups excluding carboxylic acids is 5. The maximum Gasteiger partial charge on any atom is 0.408 e. The maximum atomic E-state index is 13.8. The number of nitrogens with zero attached hydrogens (tertiary/aromatic N) is 1. The molecule has 6 fully saturated rings. The SMILES string of the molecule is C.CC(C)(C)OC(=O)NC(C(=O)O)C1CCCCC1.COC(=O)[C@@H]1C2CC(C)(C)OC2CN1C(=O)[C@@H](NC(=O)OC(C)(C)C)C1CCCCC1.COC(=O)[C@H]1NCC2OC(C)(C)CC21. The molecule has 6 rings (SSSR count). The van der Waals surface area contributed by atoms with Crippen LogP contribution in [0.1, 0.15) is 154 Å². The Kier molecular flexibility index (Phi) is 19.3. The second-order valence-corrected chi connectivity index (χ2v) is 21.3. The Labute approximate surface area is 381 Å². The second-order valence-electron chi connectivity index (χ2n) is 21.3. The molecular weight excluding hydrogens is 829 g/mol. The fourth-order valence-corrected chi connectivity index (χ4v) is 10.2. The second kappa shape index (κ2) is 22.7. The van der Waals surface area contributed by atoms with Gasteiger partial charge in [0, 0.05) is 24.9 Å². The van der Waals surface area contributed by atoms with Crippen LogP contribution in [-0.4, -0.2) is 132 Å². The number of carboxylic acid groups (broad SMARTS) is 1. The average Bonchev–Trinajstić information content (AvgIpc) is 3.90. The first-order chi connectivity index (χ1) is 29.2. The van der Waals surface area contributed by atoms with E-state index >= 15 is 0 Å². The van der Waals surface area contributed by atoms with E-state index in [4.69, 9.17) is 28.4 Å². The third kappa shape index (κ3) is 15.5. The highest BCUT2D eigenvalue weighted by molar-refractivity contribution is 5.91. The Morgan fingerprint density at radius 3 is 1.56 bits per heavy atom. The number of esters is 2. The number of amides is 3. The molecule has 0 aromatic carbocycles. The monoisotopic (exact) mass is 911 g/mol. The van der Waals surface area contributed by atoms with Crippen molar-refractivity contribution in [3.05, 3.63) is 0 Å². The highest BCUT2D eigenvalue weighted by Crippen LogP contribution is 2.44. The van der Waals surface area contributed by atoms with Crippen molar-refractivity contribution in [2.24, 2.45) is 23.7 Å². The summed E-state index contributed by atoms with van der Waals surface area (Å²) in [5, 5.41) is 17.7. The van der Waals surface area contributed by atoms with Crippen LogP contribution in [0.2, 0.25) is 0 Å². The molecule has 4 N–H and O–H groups in total. The highest BCUT2D eigenvalue weighted by atomic mass is 16.6. The Bertz CT molecular complexity index is 1590. The van der Waals surface area contributed by atoms with E-state index in [1.807, 2.05) is 13.8 Å². The fraction of sp³-hybridized carbons (Fsp3) is 0.872. The van der Waals surface area contributed by atoms with Crippen LogP contribution >= 0.6 is 0 Å². The van der Waals surface area contributed by atoms with Crippen molar-refractivity contribution in [3.8, 4) is 0 Å². The predicted molar refractivity (Wildman–Crippen MR) is 239 cm³/mol. The molecular formula is C47H82N4O13. The number of hydrogen-bond donors (Lipinski definition) is 4. The molecule has 0 spiro atoms. The molecule has 0 aromatic heterocycles. The van der Waals surface area contributed by atoms with Gasteiger partial charge in [-0.2, -0.15) is 0 Å². The molecule has 2 aliphatic carbocycles. The molecule has 8 atom stereocenters. The Hall–Kier alpha value is -3.70. The number of nitrogens with one attached hydrogen (secondary N) is 3. The van der Waals surface area contributed by atoms with Gasteiger partial charge in [0.05, 0.1) is 37.6 Å². The van der Waals surface area contributed by atoms with Crippen molar-refractivity contribution < 1.29 is 62.3 Å². The standard InChI is InChI=1S/C23H38N2O6.C13H23NO4.C10H17NO3.CH4/c1-22(2,3)31-21(28)24-17(14-10-8-7-9-11-14)19(26)25-13-16-15(12-23(4,5)30-16)18(25)20(27)29-6;1-13(2,3)18-12(17)14-10(11(15)16)9-7-5-4-6-8-9;1-10(2)4-6-7(14-10)5-11-8(6)9(12)13-3;/h14-18H,7-13H2,1-6H3,(H,24,28);9-10H,4-8H2,1-3H3,(H,14,17)(H,15,16);6-8,11H,4-5H2,1-3H3;1H4/t15?,16?,17-,18-;;6?,7?,8-;/m0.0./s1. The maximum absolute atomic E-state index is 13.8. The molecule has 5 unspecified atom stereocenters. The summed E-state index contributed by atoms with van der Waals surface area (Å²) in [6.07, 6.45) is 10.1. The number of methoxy groups -OCH3 is 2. The Morgan fingerprint density at radius 2 is 1.11 bits per heavy atom. The van der Waals surface area contributed by atoms with Crippen LogP contribution in [0.25, 0.3) is 0 Å². The van der Waals surface area contributed by atoms with Gasteiger partial charge in [-0.3, -0.25) is 9.59 Å². The largest absolute Gasteiger partial charge is 0.480 e. The zero-order valence-corrected chi connectivity index (χ0v) is 40.0. The molecule has 6 aliphatic rings. The molecule has 4 heterocycles. The van der Waals surface area contributed by atoms with Gasteiger partial charge in [0.1, 0.15) is 35.4 Å². The number of fused-ring (bicyclic) bond motifs is 2. The lowest BCUT2D eigenvalue weighted by Gasteiger charge is -2.35. The summed E-state index contributed by atoms with van der Waals surface area (Å²) < 4.78 is 32.3. The smallest absolute Gasteiger partial charge is 0.408 e. The molecule has 4 saturated heterocycles. The van der Waals surface area contributed by atoms with Crippen LogP contribution in [0.4, 0.5) is 9.59 Å². The first-order valence-electron chi connectivity index (χ1n) is 23.0. The van der Waals surface area contributed by atoms with E-state index < -0.39 is 53.5 Å². The lowest BCUT2D eigenvalue weighted by Crippen LogP contribution is -2.56. The van der Waals surface area contributed by atoms with Gasteiger partial charge < -0.3 is 54.4 Å². The summed E-state index contributed by atoms with van der Waals surface area (Å²) in [5.41, 5.74) is -1.71. The normalized spacial score (nSPS) is 28.2. The van der Waals surface area contributed by atoms with Crippen LogP contribution in [0.15, 0.2) is 0 Å². The number of carbonyl (C=O) groups is 6. The predicted octanol–water partition coefficient (Wildman–Crippen LogP) is 6.52. The van der Waals surface area contributed by atoms with Crippen LogP contribution in [0.5, 0.6) is 0 Å². The molecule has 0 aromatic rings. The zero-order chi connectivity index (χ0) is 47.1. The number of rotatable bonds is 8. The molecule has 3 amide bonds.